The maximum absolute atomic E-state index is 13.0. The number of nitrogens with one attached hydrogen (secondary N) is 1. The first-order valence-electron chi connectivity index (χ1n) is 8.94. The maximum atomic E-state index is 13.0. The smallest absolute Gasteiger partial charge is 0.262 e. The van der Waals surface area contributed by atoms with Crippen LogP contribution in [0.5, 0.6) is 0 Å². The van der Waals surface area contributed by atoms with Crippen LogP contribution in [-0.4, -0.2) is 64.3 Å². The lowest BCUT2D eigenvalue weighted by molar-refractivity contribution is 0.150. The number of aryl methyl sites for hydroxylation is 1. The Hall–Kier alpha value is -2.56. The number of H-pyrrole nitrogens is 1. The summed E-state index contributed by atoms with van der Waals surface area (Å²) in [7, 11) is -0.316. The van der Waals surface area contributed by atoms with Gasteiger partial charge in [0.15, 0.2) is 10.9 Å². The van der Waals surface area contributed by atoms with E-state index < -0.39 is 10.0 Å². The molecule has 3 aromatic rings. The highest BCUT2D eigenvalue weighted by atomic mass is 32.2. The Morgan fingerprint density at radius 1 is 1.25 bits per heavy atom. The number of nitrogens with zero attached hydrogens (tertiary/aromatic N) is 5. The molecule has 28 heavy (non-hydrogen) atoms. The van der Waals surface area contributed by atoms with Crippen molar-refractivity contribution in [2.75, 3.05) is 26.8 Å². The van der Waals surface area contributed by atoms with Gasteiger partial charge in [-0.3, -0.25) is 5.10 Å². The van der Waals surface area contributed by atoms with E-state index in [1.807, 2.05) is 30.3 Å². The summed E-state index contributed by atoms with van der Waals surface area (Å²) >= 11 is 0. The van der Waals surface area contributed by atoms with Gasteiger partial charge in [0.05, 0.1) is 12.9 Å². The number of benzene rings is 1. The average molecular weight is 402 g/mol. The van der Waals surface area contributed by atoms with Gasteiger partial charge in [-0.2, -0.15) is 9.40 Å². The number of aromatic amines is 1. The number of rotatable bonds is 6. The van der Waals surface area contributed by atoms with Gasteiger partial charge in [0.25, 0.3) is 10.0 Å². The van der Waals surface area contributed by atoms with Crippen molar-refractivity contribution in [3.8, 4) is 11.4 Å². The van der Waals surface area contributed by atoms with E-state index in [2.05, 4.69) is 20.2 Å². The van der Waals surface area contributed by atoms with Crippen LogP contribution in [0, 0.1) is 5.92 Å². The molecule has 0 amide bonds. The first kappa shape index (κ1) is 18.8. The second-order valence-corrected chi connectivity index (χ2v) is 8.82. The molecular formula is C18H22N6O3S. The largest absolute Gasteiger partial charge is 0.384 e. The van der Waals surface area contributed by atoms with Gasteiger partial charge >= 0.3 is 0 Å². The van der Waals surface area contributed by atoms with Crippen LogP contribution >= 0.6 is 0 Å². The molecule has 4 rings (SSSR count). The summed E-state index contributed by atoms with van der Waals surface area (Å²) < 4.78 is 34.3. The lowest BCUT2D eigenvalue weighted by Crippen LogP contribution is -2.29. The fourth-order valence-corrected chi connectivity index (χ4v) is 5.02. The first-order valence-corrected chi connectivity index (χ1v) is 10.4. The van der Waals surface area contributed by atoms with Gasteiger partial charge in [0.1, 0.15) is 5.82 Å². The second kappa shape index (κ2) is 7.46. The van der Waals surface area contributed by atoms with Gasteiger partial charge in [-0.15, -0.1) is 0 Å². The molecule has 0 aliphatic carbocycles. The molecule has 3 heterocycles. The third-order valence-electron chi connectivity index (χ3n) is 4.96. The van der Waals surface area contributed by atoms with Crippen molar-refractivity contribution < 1.29 is 13.2 Å². The van der Waals surface area contributed by atoms with Crippen molar-refractivity contribution in [1.82, 2.24) is 29.0 Å². The quantitative estimate of drug-likeness (QED) is 0.665. The SMILES string of the molecule is COC[C@@H]1CN(S(=O)(=O)c2cn(C)cn2)C[C@H]1c1nc(-c2ccccc2)n[nH]1. The van der Waals surface area contributed by atoms with Crippen LogP contribution in [0.2, 0.25) is 0 Å². The number of sulfonamides is 1. The number of aromatic nitrogens is 5. The fourth-order valence-electron chi connectivity index (χ4n) is 3.53. The molecule has 0 unspecified atom stereocenters. The molecule has 1 aliphatic heterocycles. The number of hydrogen-bond acceptors (Lipinski definition) is 6. The number of ether oxygens (including phenoxy) is 1. The third kappa shape index (κ3) is 3.46. The van der Waals surface area contributed by atoms with Crippen molar-refractivity contribution in [3.05, 3.63) is 48.7 Å². The van der Waals surface area contributed by atoms with Crippen LogP contribution in [0.25, 0.3) is 11.4 Å². The van der Waals surface area contributed by atoms with Crippen LogP contribution < -0.4 is 0 Å². The van der Waals surface area contributed by atoms with Crippen LogP contribution in [0.4, 0.5) is 0 Å². The lowest BCUT2D eigenvalue weighted by Gasteiger charge is -2.14. The Labute approximate surface area is 163 Å². The molecule has 1 aliphatic rings. The normalized spacial score (nSPS) is 20.6. The zero-order valence-electron chi connectivity index (χ0n) is 15.7. The molecule has 10 heteroatoms. The van der Waals surface area contributed by atoms with Gasteiger partial charge in [0.2, 0.25) is 0 Å². The summed E-state index contributed by atoms with van der Waals surface area (Å²) in [6, 6.07) is 9.66. The minimum Gasteiger partial charge on any atom is -0.384 e. The average Bonchev–Trinajstić information content (AvgIpc) is 3.42. The highest BCUT2D eigenvalue weighted by molar-refractivity contribution is 7.89. The van der Waals surface area contributed by atoms with Gasteiger partial charge in [-0.25, -0.2) is 18.4 Å². The van der Waals surface area contributed by atoms with E-state index in [0.29, 0.717) is 31.3 Å². The van der Waals surface area contributed by atoms with Crippen molar-refractivity contribution >= 4 is 10.0 Å². The predicted octanol–water partition coefficient (Wildman–Crippen LogP) is 1.26. The summed E-state index contributed by atoms with van der Waals surface area (Å²) in [4.78, 5) is 8.64. The molecule has 0 bridgehead atoms. The Morgan fingerprint density at radius 3 is 2.71 bits per heavy atom. The summed E-state index contributed by atoms with van der Waals surface area (Å²) in [5.74, 6) is 1.10. The summed E-state index contributed by atoms with van der Waals surface area (Å²) in [6.07, 6.45) is 2.99. The number of hydrogen-bond donors (Lipinski definition) is 1. The standard InChI is InChI=1S/C18H22N6O3S/c1-23-10-16(19-12-23)28(25,26)24-8-14(11-27-2)15(9-24)18-20-17(21-22-18)13-6-4-3-5-7-13/h3-7,10,12,14-15H,8-9,11H2,1-2H3,(H,20,21,22)/t14-,15+/m0/s1. The van der Waals surface area contributed by atoms with Crippen LogP contribution in [-0.2, 0) is 21.8 Å². The topological polar surface area (TPSA) is 106 Å². The molecule has 2 aromatic heterocycles. The van der Waals surface area contributed by atoms with Crippen molar-refractivity contribution in [2.45, 2.75) is 10.9 Å². The molecule has 0 saturated carbocycles. The Kier molecular flexibility index (Phi) is 5.00. The van der Waals surface area contributed by atoms with Crippen molar-refractivity contribution in [3.63, 3.8) is 0 Å². The van der Waals surface area contributed by atoms with E-state index in [1.165, 1.54) is 16.8 Å². The Balaban J connectivity index is 1.61. The molecule has 1 aromatic carbocycles. The number of imidazole rings is 1. The fraction of sp³-hybridized carbons (Fsp3) is 0.389. The van der Waals surface area contributed by atoms with E-state index in [1.54, 1.807) is 18.7 Å². The second-order valence-electron chi connectivity index (χ2n) is 6.93. The monoisotopic (exact) mass is 402 g/mol. The summed E-state index contributed by atoms with van der Waals surface area (Å²) in [6.45, 7) is 1.08. The van der Waals surface area contributed by atoms with Crippen LogP contribution in [0.3, 0.4) is 0 Å². The van der Waals surface area contributed by atoms with Crippen molar-refractivity contribution in [2.24, 2.45) is 13.0 Å². The molecular weight excluding hydrogens is 380 g/mol. The van der Waals surface area contributed by atoms with Gasteiger partial charge in [-0.05, 0) is 0 Å². The zero-order chi connectivity index (χ0) is 19.7. The highest BCUT2D eigenvalue weighted by Gasteiger charge is 2.42. The molecule has 1 fully saturated rings. The first-order chi connectivity index (χ1) is 13.5. The summed E-state index contributed by atoms with van der Waals surface area (Å²) in [5, 5.41) is 7.36. The van der Waals surface area contributed by atoms with Gasteiger partial charge in [-0.1, -0.05) is 30.3 Å². The van der Waals surface area contributed by atoms with Crippen molar-refractivity contribution in [1.29, 1.82) is 0 Å². The molecule has 9 nitrogen and oxygen atoms in total. The predicted molar refractivity (Wildman–Crippen MR) is 102 cm³/mol. The Morgan fingerprint density at radius 2 is 2.04 bits per heavy atom. The Bertz CT molecular complexity index is 1050. The minimum absolute atomic E-state index is 0.0277. The molecule has 2 atom stereocenters. The third-order valence-corrected chi connectivity index (χ3v) is 6.68. The van der Waals surface area contributed by atoms with E-state index in [-0.39, 0.29) is 16.9 Å². The molecule has 0 spiro atoms. The lowest BCUT2D eigenvalue weighted by atomic mass is 9.96. The minimum atomic E-state index is -3.67. The maximum Gasteiger partial charge on any atom is 0.262 e. The molecule has 0 radical (unpaired) electrons. The van der Waals surface area contributed by atoms with Crippen LogP contribution in [0.1, 0.15) is 11.7 Å². The zero-order valence-corrected chi connectivity index (χ0v) is 16.5. The molecule has 1 N–H and O–H groups in total. The van der Waals surface area contributed by atoms with E-state index in [0.717, 1.165) is 5.56 Å². The highest BCUT2D eigenvalue weighted by Crippen LogP contribution is 2.34. The molecule has 148 valence electrons. The van der Waals surface area contributed by atoms with E-state index in [4.69, 9.17) is 4.74 Å². The van der Waals surface area contributed by atoms with Gasteiger partial charge in [0, 0.05) is 50.8 Å². The number of methoxy groups -OCH3 is 1. The molecule has 1 saturated heterocycles. The van der Waals surface area contributed by atoms with Gasteiger partial charge < -0.3 is 9.30 Å². The van der Waals surface area contributed by atoms with E-state index in [9.17, 15) is 8.42 Å². The van der Waals surface area contributed by atoms with E-state index >= 15 is 0 Å². The summed E-state index contributed by atoms with van der Waals surface area (Å²) in [5.41, 5.74) is 0.907. The van der Waals surface area contributed by atoms with Crippen LogP contribution in [0.15, 0.2) is 47.9 Å².